The van der Waals surface area contributed by atoms with Crippen LogP contribution in [-0.2, 0) is 9.59 Å². The first-order chi connectivity index (χ1) is 12.3. The summed E-state index contributed by atoms with van der Waals surface area (Å²) in [6, 6.07) is 11.8. The van der Waals surface area contributed by atoms with E-state index in [2.05, 4.69) is 5.32 Å². The lowest BCUT2D eigenvalue weighted by Crippen LogP contribution is -2.05. The fourth-order valence-electron chi connectivity index (χ4n) is 3.17. The zero-order chi connectivity index (χ0) is 18.8. The van der Waals surface area contributed by atoms with Crippen LogP contribution in [-0.4, -0.2) is 17.0 Å². The number of aliphatic carboxylic acids is 1. The minimum absolute atomic E-state index is 0.139. The van der Waals surface area contributed by atoms with Crippen LogP contribution in [0.5, 0.6) is 0 Å². The lowest BCUT2D eigenvalue weighted by atomic mass is 10.0. The molecular weight excluding hydrogens is 333 g/mol. The Labute approximate surface area is 150 Å². The number of nitrogens with one attached hydrogen (secondary N) is 1. The highest BCUT2D eigenvalue weighted by Crippen LogP contribution is 2.43. The van der Waals surface area contributed by atoms with Crippen molar-refractivity contribution >= 4 is 34.8 Å². The van der Waals surface area contributed by atoms with Gasteiger partial charge in [0.2, 0.25) is 5.91 Å². The molecule has 0 aromatic heterocycles. The predicted octanol–water partition coefficient (Wildman–Crippen LogP) is 4.59. The van der Waals surface area contributed by atoms with E-state index in [1.165, 1.54) is 19.1 Å². The van der Waals surface area contributed by atoms with Gasteiger partial charge in [-0.2, -0.15) is 0 Å². The van der Waals surface area contributed by atoms with Crippen molar-refractivity contribution in [3.05, 3.63) is 70.5 Å². The van der Waals surface area contributed by atoms with Gasteiger partial charge in [0.15, 0.2) is 0 Å². The van der Waals surface area contributed by atoms with Gasteiger partial charge in [0.05, 0.1) is 6.42 Å². The third-order valence-corrected chi connectivity index (χ3v) is 4.32. The summed E-state index contributed by atoms with van der Waals surface area (Å²) in [7, 11) is 0. The van der Waals surface area contributed by atoms with Gasteiger partial charge in [0.1, 0.15) is 5.82 Å². The summed E-state index contributed by atoms with van der Waals surface area (Å²) in [4.78, 5) is 22.3. The van der Waals surface area contributed by atoms with Gasteiger partial charge in [-0.25, -0.2) is 4.39 Å². The van der Waals surface area contributed by atoms with E-state index in [9.17, 15) is 19.1 Å². The molecule has 2 aromatic rings. The molecule has 0 saturated carbocycles. The predicted molar refractivity (Wildman–Crippen MR) is 99.9 cm³/mol. The standard InChI is InChI=1S/C21H18FNO3/c1-12-18(9-14-3-6-16(7-4-14)23-13(2)24)17-8-5-15(22)10-20(17)19(12)11-21(25)26/h3-10H,11H2,1-2H3,(H,23,24)(H,25,26). The van der Waals surface area contributed by atoms with E-state index in [1.54, 1.807) is 18.2 Å². The number of hydrogen-bond acceptors (Lipinski definition) is 2. The second-order valence-electron chi connectivity index (χ2n) is 6.23. The van der Waals surface area contributed by atoms with Gasteiger partial charge in [-0.15, -0.1) is 0 Å². The Hall–Kier alpha value is -3.21. The van der Waals surface area contributed by atoms with Gasteiger partial charge in [-0.1, -0.05) is 18.2 Å². The van der Waals surface area contributed by atoms with E-state index in [0.717, 1.165) is 22.3 Å². The molecule has 0 saturated heterocycles. The molecule has 2 N–H and O–H groups in total. The average molecular weight is 351 g/mol. The molecule has 0 unspecified atom stereocenters. The summed E-state index contributed by atoms with van der Waals surface area (Å²) in [5.41, 5.74) is 5.40. The Kier molecular flexibility index (Phi) is 4.71. The van der Waals surface area contributed by atoms with E-state index in [4.69, 9.17) is 0 Å². The number of rotatable bonds is 4. The zero-order valence-electron chi connectivity index (χ0n) is 14.5. The minimum atomic E-state index is -0.949. The van der Waals surface area contributed by atoms with Gasteiger partial charge in [-0.3, -0.25) is 9.59 Å². The molecule has 0 fully saturated rings. The van der Waals surface area contributed by atoms with Crippen molar-refractivity contribution in [1.82, 2.24) is 0 Å². The van der Waals surface area contributed by atoms with Gasteiger partial charge < -0.3 is 10.4 Å². The monoisotopic (exact) mass is 351 g/mol. The highest BCUT2D eigenvalue weighted by Gasteiger charge is 2.25. The first-order valence-electron chi connectivity index (χ1n) is 8.16. The number of carbonyl (C=O) groups is 2. The first kappa shape index (κ1) is 17.6. The highest BCUT2D eigenvalue weighted by atomic mass is 19.1. The maximum Gasteiger partial charge on any atom is 0.307 e. The molecule has 1 amide bonds. The molecule has 0 radical (unpaired) electrons. The summed E-state index contributed by atoms with van der Waals surface area (Å²) in [5.74, 6) is -1.48. The van der Waals surface area contributed by atoms with Gasteiger partial charge in [0.25, 0.3) is 0 Å². The average Bonchev–Trinajstić information content (AvgIpc) is 2.81. The quantitative estimate of drug-likeness (QED) is 0.847. The molecule has 4 nitrogen and oxygen atoms in total. The molecule has 2 aromatic carbocycles. The molecule has 3 rings (SSSR count). The maximum absolute atomic E-state index is 13.7. The van der Waals surface area contributed by atoms with Crippen LogP contribution in [0.25, 0.3) is 17.2 Å². The van der Waals surface area contributed by atoms with Crippen LogP contribution in [0.4, 0.5) is 10.1 Å². The van der Waals surface area contributed by atoms with Crippen LogP contribution in [0, 0.1) is 5.82 Å². The molecule has 1 aliphatic carbocycles. The number of carbonyl (C=O) groups excluding carboxylic acids is 1. The van der Waals surface area contributed by atoms with Crippen molar-refractivity contribution in [2.45, 2.75) is 20.3 Å². The summed E-state index contributed by atoms with van der Waals surface area (Å²) in [6.45, 7) is 3.30. The Bertz CT molecular complexity index is 956. The summed E-state index contributed by atoms with van der Waals surface area (Å²) >= 11 is 0. The Morgan fingerprint density at radius 1 is 1.12 bits per heavy atom. The molecule has 0 atom stereocenters. The first-order valence-corrected chi connectivity index (χ1v) is 8.16. The SMILES string of the molecule is CC(=O)Nc1ccc(C=C2C(C)=C(CC(=O)O)c3cc(F)ccc32)cc1. The number of halogens is 1. The molecule has 0 spiro atoms. The van der Waals surface area contributed by atoms with Crippen molar-refractivity contribution in [1.29, 1.82) is 0 Å². The fraction of sp³-hybridized carbons (Fsp3) is 0.143. The molecule has 0 heterocycles. The van der Waals surface area contributed by atoms with Crippen LogP contribution in [0.2, 0.25) is 0 Å². The third-order valence-electron chi connectivity index (χ3n) is 4.32. The number of carboxylic acids is 1. The highest BCUT2D eigenvalue weighted by molar-refractivity contribution is 6.07. The van der Waals surface area contributed by atoms with E-state index in [1.807, 2.05) is 25.1 Å². The van der Waals surface area contributed by atoms with E-state index in [0.29, 0.717) is 16.8 Å². The normalized spacial score (nSPS) is 14.5. The van der Waals surface area contributed by atoms with Crippen molar-refractivity contribution in [2.75, 3.05) is 5.32 Å². The van der Waals surface area contributed by atoms with Crippen LogP contribution in [0.3, 0.4) is 0 Å². The van der Waals surface area contributed by atoms with Crippen molar-refractivity contribution in [2.24, 2.45) is 0 Å². The number of benzene rings is 2. The Morgan fingerprint density at radius 3 is 2.42 bits per heavy atom. The van der Waals surface area contributed by atoms with E-state index < -0.39 is 5.97 Å². The second-order valence-corrected chi connectivity index (χ2v) is 6.23. The number of amides is 1. The van der Waals surface area contributed by atoms with E-state index >= 15 is 0 Å². The molecule has 132 valence electrons. The lowest BCUT2D eigenvalue weighted by Gasteiger charge is -2.06. The summed E-state index contributed by atoms with van der Waals surface area (Å²) < 4.78 is 13.7. The van der Waals surface area contributed by atoms with E-state index in [-0.39, 0.29) is 18.1 Å². The smallest absolute Gasteiger partial charge is 0.307 e. The van der Waals surface area contributed by atoms with Crippen LogP contribution < -0.4 is 5.32 Å². The summed E-state index contributed by atoms with van der Waals surface area (Å²) in [5, 5.41) is 11.9. The van der Waals surface area contributed by atoms with Crippen LogP contribution >= 0.6 is 0 Å². The molecule has 5 heteroatoms. The van der Waals surface area contributed by atoms with Gasteiger partial charge in [-0.05, 0) is 70.7 Å². The lowest BCUT2D eigenvalue weighted by molar-refractivity contribution is -0.135. The van der Waals surface area contributed by atoms with Crippen LogP contribution in [0.15, 0.2) is 48.0 Å². The van der Waals surface area contributed by atoms with Crippen molar-refractivity contribution in [3.63, 3.8) is 0 Å². The van der Waals surface area contributed by atoms with Gasteiger partial charge in [0, 0.05) is 12.6 Å². The number of hydrogen-bond donors (Lipinski definition) is 2. The Morgan fingerprint density at radius 2 is 1.81 bits per heavy atom. The van der Waals surface area contributed by atoms with Crippen LogP contribution in [0.1, 0.15) is 37.0 Å². The molecular formula is C21H18FNO3. The molecule has 26 heavy (non-hydrogen) atoms. The third kappa shape index (κ3) is 3.57. The Balaban J connectivity index is 2.03. The number of fused-ring (bicyclic) bond motifs is 1. The minimum Gasteiger partial charge on any atom is -0.481 e. The number of allylic oxidation sites excluding steroid dienone is 2. The zero-order valence-corrected chi connectivity index (χ0v) is 14.5. The van der Waals surface area contributed by atoms with Crippen molar-refractivity contribution < 1.29 is 19.1 Å². The van der Waals surface area contributed by atoms with Crippen molar-refractivity contribution in [3.8, 4) is 0 Å². The molecule has 0 bridgehead atoms. The topological polar surface area (TPSA) is 66.4 Å². The maximum atomic E-state index is 13.7. The summed E-state index contributed by atoms with van der Waals surface area (Å²) in [6.07, 6.45) is 1.79. The molecule has 0 aliphatic heterocycles. The number of carboxylic acid groups (broad SMARTS) is 1. The second kappa shape index (κ2) is 6.96. The van der Waals surface area contributed by atoms with Gasteiger partial charge >= 0.3 is 5.97 Å². The molecule has 1 aliphatic rings. The number of anilines is 1. The largest absolute Gasteiger partial charge is 0.481 e. The fourth-order valence-corrected chi connectivity index (χ4v) is 3.17.